The van der Waals surface area contributed by atoms with E-state index >= 15 is 0 Å². The van der Waals surface area contributed by atoms with Crippen LogP contribution in [0.2, 0.25) is 5.02 Å². The highest BCUT2D eigenvalue weighted by molar-refractivity contribution is 7.89. The van der Waals surface area contributed by atoms with Gasteiger partial charge in [0, 0.05) is 30.2 Å². The minimum atomic E-state index is -3.51. The average Bonchev–Trinajstić information content (AvgIpc) is 2.56. The van der Waals surface area contributed by atoms with Gasteiger partial charge in [0.05, 0.1) is 18.1 Å². The minimum absolute atomic E-state index is 0.0393. The van der Waals surface area contributed by atoms with Gasteiger partial charge < -0.3 is 4.74 Å². The van der Waals surface area contributed by atoms with Gasteiger partial charge >= 0.3 is 0 Å². The Balaban J connectivity index is 1.74. The molecule has 0 spiro atoms. The summed E-state index contributed by atoms with van der Waals surface area (Å²) in [7, 11) is -3.51. The van der Waals surface area contributed by atoms with Crippen LogP contribution in [0.5, 0.6) is 0 Å². The van der Waals surface area contributed by atoms with Crippen molar-refractivity contribution in [2.75, 3.05) is 26.3 Å². The lowest BCUT2D eigenvalue weighted by molar-refractivity contribution is 0.00211. The first-order chi connectivity index (χ1) is 11.1. The number of morpholine rings is 1. The molecule has 2 fully saturated rings. The smallest absolute Gasteiger partial charge is 0.240 e. The number of rotatable bonds is 4. The van der Waals surface area contributed by atoms with E-state index in [1.54, 1.807) is 24.3 Å². The van der Waals surface area contributed by atoms with Crippen LogP contribution >= 0.6 is 11.6 Å². The van der Waals surface area contributed by atoms with Crippen LogP contribution in [0.4, 0.5) is 0 Å². The Morgan fingerprint density at radius 2 is 1.74 bits per heavy atom. The van der Waals surface area contributed by atoms with Crippen LogP contribution in [-0.4, -0.2) is 51.7 Å². The van der Waals surface area contributed by atoms with Crippen LogP contribution in [0.1, 0.15) is 25.7 Å². The normalized spacial score (nSPS) is 27.0. The van der Waals surface area contributed by atoms with Gasteiger partial charge in [-0.25, -0.2) is 13.1 Å². The van der Waals surface area contributed by atoms with Crippen LogP contribution in [0.25, 0.3) is 0 Å². The second-order valence-electron chi connectivity index (χ2n) is 6.18. The topological polar surface area (TPSA) is 58.6 Å². The van der Waals surface area contributed by atoms with E-state index in [1.807, 2.05) is 0 Å². The highest BCUT2D eigenvalue weighted by Gasteiger charge is 2.33. The summed E-state index contributed by atoms with van der Waals surface area (Å²) in [6.45, 7) is 3.22. The molecule has 1 N–H and O–H groups in total. The van der Waals surface area contributed by atoms with E-state index in [-0.39, 0.29) is 17.0 Å². The maximum Gasteiger partial charge on any atom is 0.240 e. The Morgan fingerprint density at radius 3 is 2.43 bits per heavy atom. The van der Waals surface area contributed by atoms with Crippen molar-refractivity contribution in [1.82, 2.24) is 9.62 Å². The summed E-state index contributed by atoms with van der Waals surface area (Å²) in [4.78, 5) is 2.64. The van der Waals surface area contributed by atoms with Gasteiger partial charge in [-0.2, -0.15) is 0 Å². The van der Waals surface area contributed by atoms with Crippen LogP contribution in [-0.2, 0) is 14.8 Å². The molecule has 1 aliphatic heterocycles. The number of nitrogens with zero attached hydrogens (tertiary/aromatic N) is 1. The second kappa shape index (κ2) is 7.49. The zero-order valence-electron chi connectivity index (χ0n) is 13.1. The molecule has 0 amide bonds. The number of ether oxygens (including phenoxy) is 1. The zero-order valence-corrected chi connectivity index (χ0v) is 14.7. The van der Waals surface area contributed by atoms with Gasteiger partial charge in [0.2, 0.25) is 10.0 Å². The minimum Gasteiger partial charge on any atom is -0.379 e. The lowest BCUT2D eigenvalue weighted by atomic mass is 9.89. The zero-order chi connectivity index (χ0) is 16.3. The quantitative estimate of drug-likeness (QED) is 0.897. The van der Waals surface area contributed by atoms with Gasteiger partial charge in [0.25, 0.3) is 0 Å². The van der Waals surface area contributed by atoms with Gasteiger partial charge in [-0.1, -0.05) is 24.4 Å². The van der Waals surface area contributed by atoms with E-state index in [2.05, 4.69) is 9.62 Å². The Kier molecular flexibility index (Phi) is 5.59. The number of halogens is 1. The first-order valence-corrected chi connectivity index (χ1v) is 10.0. The van der Waals surface area contributed by atoms with Crippen molar-refractivity contribution in [3.63, 3.8) is 0 Å². The fraction of sp³-hybridized carbons (Fsp3) is 0.625. The maximum atomic E-state index is 12.6. The molecule has 7 heteroatoms. The van der Waals surface area contributed by atoms with Crippen molar-refractivity contribution in [3.05, 3.63) is 29.3 Å². The molecule has 2 aliphatic rings. The standard InChI is InChI=1S/C16H23ClN2O3S/c17-13-5-7-14(8-6-13)23(20,21)18-15-3-1-2-4-16(15)19-9-11-22-12-10-19/h5-8,15-16,18H,1-4,9-12H2/t15-,16-/m0/s1. The third-order valence-electron chi connectivity index (χ3n) is 4.67. The number of hydrogen-bond donors (Lipinski definition) is 1. The molecule has 1 aliphatic carbocycles. The molecule has 0 aromatic heterocycles. The summed E-state index contributed by atoms with van der Waals surface area (Å²) in [6, 6.07) is 6.54. The molecule has 5 nitrogen and oxygen atoms in total. The van der Waals surface area contributed by atoms with Crippen molar-refractivity contribution in [3.8, 4) is 0 Å². The highest BCUT2D eigenvalue weighted by Crippen LogP contribution is 2.26. The van der Waals surface area contributed by atoms with Gasteiger partial charge in [0.1, 0.15) is 0 Å². The van der Waals surface area contributed by atoms with Crippen molar-refractivity contribution in [1.29, 1.82) is 0 Å². The fourth-order valence-corrected chi connectivity index (χ4v) is 4.91. The van der Waals surface area contributed by atoms with Gasteiger partial charge in [-0.05, 0) is 37.1 Å². The molecular weight excluding hydrogens is 336 g/mol. The highest BCUT2D eigenvalue weighted by atomic mass is 35.5. The lowest BCUT2D eigenvalue weighted by Crippen LogP contribution is -2.55. The summed E-state index contributed by atoms with van der Waals surface area (Å²) in [6.07, 6.45) is 4.14. The SMILES string of the molecule is O=S(=O)(N[C@H]1CCCC[C@@H]1N1CCOCC1)c1ccc(Cl)cc1. The predicted molar refractivity (Wildman–Crippen MR) is 90.2 cm³/mol. The first kappa shape index (κ1) is 17.2. The molecule has 0 bridgehead atoms. The summed E-state index contributed by atoms with van der Waals surface area (Å²) in [5, 5.41) is 0.535. The monoisotopic (exact) mass is 358 g/mol. The third kappa shape index (κ3) is 4.25. The third-order valence-corrected chi connectivity index (χ3v) is 6.43. The van der Waals surface area contributed by atoms with Crippen LogP contribution < -0.4 is 4.72 Å². The van der Waals surface area contributed by atoms with Crippen molar-refractivity contribution < 1.29 is 13.2 Å². The Morgan fingerprint density at radius 1 is 1.09 bits per heavy atom. The molecular formula is C16H23ClN2O3S. The van der Waals surface area contributed by atoms with E-state index in [9.17, 15) is 8.42 Å². The van der Waals surface area contributed by atoms with Crippen LogP contribution in [0.3, 0.4) is 0 Å². The van der Waals surface area contributed by atoms with E-state index in [0.717, 1.165) is 52.0 Å². The van der Waals surface area contributed by atoms with Gasteiger partial charge in [-0.3, -0.25) is 4.90 Å². The summed E-state index contributed by atoms with van der Waals surface area (Å²) < 4.78 is 33.6. The molecule has 3 rings (SSSR count). The fourth-order valence-electron chi connectivity index (χ4n) is 3.48. The summed E-state index contributed by atoms with van der Waals surface area (Å²) in [5.74, 6) is 0. The average molecular weight is 359 g/mol. The number of sulfonamides is 1. The van der Waals surface area contributed by atoms with E-state index in [4.69, 9.17) is 16.3 Å². The van der Waals surface area contributed by atoms with Crippen molar-refractivity contribution in [2.45, 2.75) is 42.7 Å². The van der Waals surface area contributed by atoms with Crippen molar-refractivity contribution >= 4 is 21.6 Å². The lowest BCUT2D eigenvalue weighted by Gasteiger charge is -2.41. The Hall–Kier alpha value is -0.660. The number of benzene rings is 1. The van der Waals surface area contributed by atoms with Crippen LogP contribution in [0, 0.1) is 0 Å². The molecule has 2 atom stereocenters. The second-order valence-corrected chi connectivity index (χ2v) is 8.33. The van der Waals surface area contributed by atoms with Gasteiger partial charge in [0.15, 0.2) is 0 Å². The van der Waals surface area contributed by atoms with E-state index in [1.165, 1.54) is 0 Å². The molecule has 1 heterocycles. The number of nitrogens with one attached hydrogen (secondary N) is 1. The van der Waals surface area contributed by atoms with Crippen molar-refractivity contribution in [2.24, 2.45) is 0 Å². The van der Waals surface area contributed by atoms with E-state index in [0.29, 0.717) is 5.02 Å². The molecule has 23 heavy (non-hydrogen) atoms. The molecule has 1 saturated heterocycles. The van der Waals surface area contributed by atoms with Crippen LogP contribution in [0.15, 0.2) is 29.2 Å². The van der Waals surface area contributed by atoms with Gasteiger partial charge in [-0.15, -0.1) is 0 Å². The molecule has 1 aromatic carbocycles. The van der Waals surface area contributed by atoms with E-state index < -0.39 is 10.0 Å². The first-order valence-electron chi connectivity index (χ1n) is 8.16. The molecule has 0 radical (unpaired) electrons. The molecule has 128 valence electrons. The summed E-state index contributed by atoms with van der Waals surface area (Å²) in [5.41, 5.74) is 0. The maximum absolute atomic E-state index is 12.6. The molecule has 0 unspecified atom stereocenters. The predicted octanol–water partition coefficient (Wildman–Crippen LogP) is 2.26. The Bertz CT molecular complexity index is 615. The molecule has 1 aromatic rings. The largest absolute Gasteiger partial charge is 0.379 e. The summed E-state index contributed by atoms with van der Waals surface area (Å²) >= 11 is 5.84. The number of hydrogen-bond acceptors (Lipinski definition) is 4. The molecule has 1 saturated carbocycles. The Labute approximate surface area is 143 Å².